The van der Waals surface area contributed by atoms with Gasteiger partial charge in [0.2, 0.25) is 0 Å². The number of fused-ring (bicyclic) bond motifs is 1. The van der Waals surface area contributed by atoms with Gasteiger partial charge in [0.1, 0.15) is 0 Å². The van der Waals surface area contributed by atoms with Crippen molar-refractivity contribution in [2.45, 2.75) is 13.0 Å². The van der Waals surface area contributed by atoms with Crippen LogP contribution in [0.25, 0.3) is 10.9 Å². The number of aromatic nitrogens is 1. The summed E-state index contributed by atoms with van der Waals surface area (Å²) in [7, 11) is 0. The molecule has 0 saturated heterocycles. The quantitative estimate of drug-likeness (QED) is 0.592. The summed E-state index contributed by atoms with van der Waals surface area (Å²) in [6, 6.07) is 8.17. The van der Waals surface area contributed by atoms with Crippen LogP contribution in [0, 0.1) is 0 Å². The van der Waals surface area contributed by atoms with Gasteiger partial charge in [-0.25, -0.2) is 0 Å². The van der Waals surface area contributed by atoms with Gasteiger partial charge in [-0.05, 0) is 30.0 Å². The first-order valence-corrected chi connectivity index (χ1v) is 6.52. The van der Waals surface area contributed by atoms with Crippen molar-refractivity contribution in [1.29, 1.82) is 0 Å². The van der Waals surface area contributed by atoms with Crippen LogP contribution in [0.5, 0.6) is 0 Å². The Morgan fingerprint density at radius 2 is 2.14 bits per heavy atom. The fraction of sp³-hybridized carbons (Fsp3) is 0.273. The van der Waals surface area contributed by atoms with E-state index in [1.807, 2.05) is 12.1 Å². The van der Waals surface area contributed by atoms with Gasteiger partial charge in [0.05, 0.1) is 0 Å². The average molecular weight is 320 g/mol. The first kappa shape index (κ1) is 10.3. The molecule has 0 N–H and O–H groups in total. The number of halogens is 2. The lowest BCUT2D eigenvalue weighted by Crippen LogP contribution is -1.95. The number of nitrogens with zero attached hydrogens (tertiary/aromatic N) is 1. The van der Waals surface area contributed by atoms with Crippen LogP contribution in [0.2, 0.25) is 5.02 Å². The topological polar surface area (TPSA) is 4.93 Å². The van der Waals surface area contributed by atoms with Crippen LogP contribution in [0.1, 0.15) is 6.42 Å². The Labute approximate surface area is 102 Å². The Hall–Kier alpha value is -0.220. The zero-order valence-electron chi connectivity index (χ0n) is 7.71. The molecule has 0 aliphatic rings. The first-order valence-electron chi connectivity index (χ1n) is 4.61. The molecule has 1 nitrogen and oxygen atoms in total. The Kier molecular flexibility index (Phi) is 3.34. The maximum Gasteiger partial charge on any atom is 0.0495 e. The molecule has 74 valence electrons. The Balaban J connectivity index is 2.40. The fourth-order valence-corrected chi connectivity index (χ4v) is 2.09. The van der Waals surface area contributed by atoms with Gasteiger partial charge in [-0.2, -0.15) is 0 Å². The van der Waals surface area contributed by atoms with Gasteiger partial charge in [0.25, 0.3) is 0 Å². The summed E-state index contributed by atoms with van der Waals surface area (Å²) in [5, 5.41) is 2.08. The molecule has 2 aromatic rings. The fourth-order valence-electron chi connectivity index (χ4n) is 1.58. The maximum absolute atomic E-state index is 5.97. The minimum absolute atomic E-state index is 0.812. The molecule has 0 atom stereocenters. The number of benzene rings is 1. The van der Waals surface area contributed by atoms with Gasteiger partial charge in [-0.3, -0.25) is 0 Å². The molecule has 0 aliphatic carbocycles. The van der Waals surface area contributed by atoms with Crippen molar-refractivity contribution in [2.75, 3.05) is 4.43 Å². The van der Waals surface area contributed by atoms with Crippen LogP contribution >= 0.6 is 34.2 Å². The van der Waals surface area contributed by atoms with Crippen LogP contribution in [0.4, 0.5) is 0 Å². The lowest BCUT2D eigenvalue weighted by molar-refractivity contribution is 0.714. The molecule has 0 fully saturated rings. The van der Waals surface area contributed by atoms with Crippen molar-refractivity contribution in [3.05, 3.63) is 35.5 Å². The molecule has 3 heteroatoms. The number of hydrogen-bond acceptors (Lipinski definition) is 0. The SMILES string of the molecule is Clc1ccc2ccn(CCCI)c2c1. The number of rotatable bonds is 3. The van der Waals surface area contributed by atoms with Crippen molar-refractivity contribution in [3.8, 4) is 0 Å². The molecule has 0 aliphatic heterocycles. The summed E-state index contributed by atoms with van der Waals surface area (Å²) < 4.78 is 3.46. The summed E-state index contributed by atoms with van der Waals surface area (Å²) in [5.41, 5.74) is 1.24. The van der Waals surface area contributed by atoms with Gasteiger partial charge in [-0.15, -0.1) is 0 Å². The molecule has 14 heavy (non-hydrogen) atoms. The molecule has 0 spiro atoms. The minimum atomic E-state index is 0.812. The highest BCUT2D eigenvalue weighted by molar-refractivity contribution is 14.1. The van der Waals surface area contributed by atoms with E-state index in [9.17, 15) is 0 Å². The smallest absolute Gasteiger partial charge is 0.0495 e. The predicted molar refractivity (Wildman–Crippen MR) is 70.5 cm³/mol. The molecule has 1 aromatic heterocycles. The van der Waals surface area contributed by atoms with Crippen molar-refractivity contribution in [2.24, 2.45) is 0 Å². The standard InChI is InChI=1S/C11H11ClIN/c12-10-3-2-9-4-7-14(6-1-5-13)11(9)8-10/h2-4,7-8H,1,5-6H2. The molecule has 1 aromatic carbocycles. The summed E-state index contributed by atoms with van der Waals surface area (Å²) in [4.78, 5) is 0. The molecule has 0 unspecified atom stereocenters. The first-order chi connectivity index (χ1) is 6.81. The van der Waals surface area contributed by atoms with Crippen LogP contribution in [-0.4, -0.2) is 8.99 Å². The second-order valence-electron chi connectivity index (χ2n) is 3.25. The van der Waals surface area contributed by atoms with Gasteiger partial charge < -0.3 is 4.57 Å². The molecular weight excluding hydrogens is 308 g/mol. The highest BCUT2D eigenvalue weighted by atomic mass is 127. The van der Waals surface area contributed by atoms with Gasteiger partial charge in [-0.1, -0.05) is 40.3 Å². The lowest BCUT2D eigenvalue weighted by Gasteiger charge is -2.03. The zero-order valence-corrected chi connectivity index (χ0v) is 10.6. The van der Waals surface area contributed by atoms with Crippen molar-refractivity contribution in [3.63, 3.8) is 0 Å². The Morgan fingerprint density at radius 1 is 1.29 bits per heavy atom. The van der Waals surface area contributed by atoms with Gasteiger partial charge in [0, 0.05) is 27.7 Å². The van der Waals surface area contributed by atoms with Crippen molar-refractivity contribution in [1.82, 2.24) is 4.57 Å². The van der Waals surface area contributed by atoms with E-state index in [4.69, 9.17) is 11.6 Å². The highest BCUT2D eigenvalue weighted by Crippen LogP contribution is 2.20. The van der Waals surface area contributed by atoms with Crippen molar-refractivity contribution >= 4 is 45.1 Å². The van der Waals surface area contributed by atoms with Gasteiger partial charge in [0.15, 0.2) is 0 Å². The third-order valence-electron chi connectivity index (χ3n) is 2.27. The second kappa shape index (κ2) is 4.53. The minimum Gasteiger partial charge on any atom is -0.347 e. The summed E-state index contributed by atoms with van der Waals surface area (Å²) in [6.45, 7) is 1.08. The van der Waals surface area contributed by atoms with Gasteiger partial charge >= 0.3 is 0 Å². The Bertz CT molecular complexity index is 436. The predicted octanol–water partition coefficient (Wildman–Crippen LogP) is 4.12. The second-order valence-corrected chi connectivity index (χ2v) is 4.77. The number of aryl methyl sites for hydroxylation is 1. The van der Waals surface area contributed by atoms with E-state index in [1.165, 1.54) is 21.8 Å². The van der Waals surface area contributed by atoms with E-state index in [0.29, 0.717) is 0 Å². The molecule has 0 saturated carbocycles. The Morgan fingerprint density at radius 3 is 2.93 bits per heavy atom. The van der Waals surface area contributed by atoms with Crippen molar-refractivity contribution < 1.29 is 0 Å². The maximum atomic E-state index is 5.97. The number of hydrogen-bond donors (Lipinski definition) is 0. The number of alkyl halides is 1. The van der Waals surface area contributed by atoms with Crippen LogP contribution in [0.15, 0.2) is 30.5 Å². The molecule has 0 bridgehead atoms. The zero-order chi connectivity index (χ0) is 9.97. The molecule has 1 heterocycles. The molecular formula is C11H11ClIN. The van der Waals surface area contributed by atoms with E-state index in [2.05, 4.69) is 45.5 Å². The van der Waals surface area contributed by atoms with E-state index in [-0.39, 0.29) is 0 Å². The van der Waals surface area contributed by atoms with Crippen LogP contribution in [0.3, 0.4) is 0 Å². The van der Waals surface area contributed by atoms with Crippen LogP contribution in [-0.2, 0) is 6.54 Å². The van der Waals surface area contributed by atoms with E-state index < -0.39 is 0 Å². The lowest BCUT2D eigenvalue weighted by atomic mass is 10.2. The molecule has 2 rings (SSSR count). The van der Waals surface area contributed by atoms with E-state index in [0.717, 1.165) is 11.6 Å². The summed E-state index contributed by atoms with van der Waals surface area (Å²) >= 11 is 8.37. The third-order valence-corrected chi connectivity index (χ3v) is 3.27. The molecule has 0 amide bonds. The average Bonchev–Trinajstić information content (AvgIpc) is 2.57. The van der Waals surface area contributed by atoms with E-state index >= 15 is 0 Å². The molecule has 0 radical (unpaired) electrons. The summed E-state index contributed by atoms with van der Waals surface area (Å²) in [5.74, 6) is 0. The van der Waals surface area contributed by atoms with E-state index in [1.54, 1.807) is 0 Å². The largest absolute Gasteiger partial charge is 0.347 e. The normalized spacial score (nSPS) is 11.0. The highest BCUT2D eigenvalue weighted by Gasteiger charge is 2.00. The van der Waals surface area contributed by atoms with Crippen LogP contribution < -0.4 is 0 Å². The summed E-state index contributed by atoms with van der Waals surface area (Å²) in [6.07, 6.45) is 3.34. The third kappa shape index (κ3) is 2.06. The monoisotopic (exact) mass is 319 g/mol.